The summed E-state index contributed by atoms with van der Waals surface area (Å²) in [4.78, 5) is 22.5. The van der Waals surface area contributed by atoms with Gasteiger partial charge in [-0.15, -0.1) is 0 Å². The Bertz CT molecular complexity index is 1280. The number of nitriles is 1. The van der Waals surface area contributed by atoms with Gasteiger partial charge in [0, 0.05) is 35.0 Å². The third kappa shape index (κ3) is 3.48. The van der Waals surface area contributed by atoms with Crippen molar-refractivity contribution < 1.29 is 14.6 Å². The van der Waals surface area contributed by atoms with E-state index < -0.39 is 5.97 Å². The number of aryl methyl sites for hydroxylation is 1. The number of aliphatic carboxylic acids is 1. The molecule has 1 unspecified atom stereocenters. The van der Waals surface area contributed by atoms with Crippen LogP contribution in [0.15, 0.2) is 36.5 Å². The molecular weight excluding hydrogens is 380 g/mol. The zero-order chi connectivity index (χ0) is 21.3. The Morgan fingerprint density at radius 2 is 2.17 bits per heavy atom. The lowest BCUT2D eigenvalue weighted by Gasteiger charge is -2.20. The number of fused-ring (bicyclic) bond motifs is 2. The molecule has 4 aromatic rings. The molecule has 7 heteroatoms. The van der Waals surface area contributed by atoms with Crippen molar-refractivity contribution in [1.29, 1.82) is 5.26 Å². The lowest BCUT2D eigenvalue weighted by Crippen LogP contribution is -2.08. The number of nitrogens with one attached hydrogen (secondary N) is 2. The molecule has 2 aromatic carbocycles. The van der Waals surface area contributed by atoms with Crippen LogP contribution in [0, 0.1) is 18.3 Å². The summed E-state index contributed by atoms with van der Waals surface area (Å²) in [6.07, 6.45) is 3.08. The van der Waals surface area contributed by atoms with E-state index in [2.05, 4.69) is 16.0 Å². The van der Waals surface area contributed by atoms with Gasteiger partial charge in [0.15, 0.2) is 0 Å². The van der Waals surface area contributed by atoms with Crippen LogP contribution in [-0.2, 0) is 4.79 Å². The first-order chi connectivity index (χ1) is 14.5. The molecule has 152 valence electrons. The number of H-pyrrole nitrogens is 2. The molecule has 2 aromatic heterocycles. The van der Waals surface area contributed by atoms with Crippen LogP contribution in [0.4, 0.5) is 0 Å². The van der Waals surface area contributed by atoms with Gasteiger partial charge < -0.3 is 19.8 Å². The van der Waals surface area contributed by atoms with Crippen LogP contribution in [0.25, 0.3) is 21.9 Å². The lowest BCUT2D eigenvalue weighted by atomic mass is 9.88. The van der Waals surface area contributed by atoms with Crippen molar-refractivity contribution in [3.05, 3.63) is 59.0 Å². The van der Waals surface area contributed by atoms with Gasteiger partial charge in [0.1, 0.15) is 11.6 Å². The Morgan fingerprint density at radius 3 is 2.90 bits per heavy atom. The number of aromatic nitrogens is 3. The predicted octanol–water partition coefficient (Wildman–Crippen LogP) is 4.62. The minimum absolute atomic E-state index is 0.0831. The van der Waals surface area contributed by atoms with E-state index in [0.29, 0.717) is 23.9 Å². The molecule has 4 rings (SSSR count). The van der Waals surface area contributed by atoms with E-state index in [1.165, 1.54) is 0 Å². The smallest absolute Gasteiger partial charge is 0.303 e. The molecule has 0 bridgehead atoms. The van der Waals surface area contributed by atoms with Crippen molar-refractivity contribution in [1.82, 2.24) is 15.0 Å². The Hall–Kier alpha value is -3.79. The number of methoxy groups -OCH3 is 1. The average Bonchev–Trinajstić information content (AvgIpc) is 3.38. The summed E-state index contributed by atoms with van der Waals surface area (Å²) in [7, 11) is 1.64. The zero-order valence-electron chi connectivity index (χ0n) is 16.8. The Labute approximate surface area is 173 Å². The van der Waals surface area contributed by atoms with Crippen LogP contribution < -0.4 is 4.74 Å². The third-order valence-corrected chi connectivity index (χ3v) is 5.46. The summed E-state index contributed by atoms with van der Waals surface area (Å²) < 4.78 is 5.73. The van der Waals surface area contributed by atoms with Crippen molar-refractivity contribution in [2.75, 3.05) is 7.11 Å². The SMILES string of the molecule is COc1cc(C)c2[nH]ccc2c1C(CCCC(=O)O)c1nc2cc(C#N)ccc2[nH]1. The highest BCUT2D eigenvalue weighted by Gasteiger charge is 2.25. The molecule has 30 heavy (non-hydrogen) atoms. The number of ether oxygens (including phenoxy) is 1. The number of carboxylic acid groups (broad SMARTS) is 1. The molecule has 0 aliphatic rings. The predicted molar refractivity (Wildman–Crippen MR) is 114 cm³/mol. The van der Waals surface area contributed by atoms with Gasteiger partial charge in [0.05, 0.1) is 29.8 Å². The van der Waals surface area contributed by atoms with Crippen molar-refractivity contribution in [3.63, 3.8) is 0 Å². The normalized spacial score (nSPS) is 12.2. The standard InChI is InChI=1S/C23H22N4O3/c1-13-10-19(30-2)21(15-8-9-25-22(13)15)16(4-3-5-20(28)29)23-26-17-7-6-14(12-24)11-18(17)27-23/h6-11,16,25H,3-5H2,1-2H3,(H,26,27)(H,28,29). The van der Waals surface area contributed by atoms with Gasteiger partial charge in [-0.3, -0.25) is 4.79 Å². The summed E-state index contributed by atoms with van der Waals surface area (Å²) in [6, 6.07) is 11.5. The molecule has 3 N–H and O–H groups in total. The quantitative estimate of drug-likeness (QED) is 0.417. The lowest BCUT2D eigenvalue weighted by molar-refractivity contribution is -0.137. The van der Waals surface area contributed by atoms with E-state index in [1.54, 1.807) is 19.2 Å². The third-order valence-electron chi connectivity index (χ3n) is 5.46. The van der Waals surface area contributed by atoms with Crippen LogP contribution >= 0.6 is 0 Å². The molecular formula is C23H22N4O3. The summed E-state index contributed by atoms with van der Waals surface area (Å²) in [5, 5.41) is 19.3. The molecule has 0 saturated heterocycles. The summed E-state index contributed by atoms with van der Waals surface area (Å²) in [6.45, 7) is 2.02. The average molecular weight is 402 g/mol. The fraction of sp³-hybridized carbons (Fsp3) is 0.261. The van der Waals surface area contributed by atoms with Gasteiger partial charge in [-0.2, -0.15) is 5.26 Å². The molecule has 0 saturated carbocycles. The Kier molecular flexibility index (Phi) is 5.15. The number of imidazole rings is 1. The first-order valence-electron chi connectivity index (χ1n) is 9.78. The van der Waals surface area contributed by atoms with Crippen LogP contribution in [0.1, 0.15) is 47.7 Å². The second kappa shape index (κ2) is 7.91. The fourth-order valence-electron chi connectivity index (χ4n) is 4.06. The number of rotatable bonds is 7. The summed E-state index contributed by atoms with van der Waals surface area (Å²) in [5.41, 5.74) is 5.17. The zero-order valence-corrected chi connectivity index (χ0v) is 16.8. The maximum absolute atomic E-state index is 11.1. The number of nitrogens with zero attached hydrogens (tertiary/aromatic N) is 2. The molecule has 0 spiro atoms. The van der Waals surface area contributed by atoms with Gasteiger partial charge in [-0.1, -0.05) is 0 Å². The topological polar surface area (TPSA) is 115 Å². The number of benzene rings is 2. The second-order valence-electron chi connectivity index (χ2n) is 7.38. The molecule has 2 heterocycles. The van der Waals surface area contributed by atoms with E-state index in [0.717, 1.165) is 39.1 Å². The van der Waals surface area contributed by atoms with E-state index in [4.69, 9.17) is 14.8 Å². The van der Waals surface area contributed by atoms with Crippen molar-refractivity contribution in [2.45, 2.75) is 32.1 Å². The second-order valence-corrected chi connectivity index (χ2v) is 7.38. The van der Waals surface area contributed by atoms with Crippen LogP contribution in [-0.4, -0.2) is 33.1 Å². The molecule has 0 aliphatic carbocycles. The first-order valence-corrected chi connectivity index (χ1v) is 9.78. The van der Waals surface area contributed by atoms with Crippen LogP contribution in [0.3, 0.4) is 0 Å². The Morgan fingerprint density at radius 1 is 1.33 bits per heavy atom. The number of hydrogen-bond acceptors (Lipinski definition) is 4. The number of carboxylic acids is 1. The van der Waals surface area contributed by atoms with E-state index in [9.17, 15) is 10.1 Å². The van der Waals surface area contributed by atoms with E-state index in [1.807, 2.05) is 31.3 Å². The molecule has 0 radical (unpaired) electrons. The van der Waals surface area contributed by atoms with Crippen LogP contribution in [0.5, 0.6) is 5.75 Å². The van der Waals surface area contributed by atoms with Gasteiger partial charge in [-0.05, 0) is 55.7 Å². The van der Waals surface area contributed by atoms with Crippen LogP contribution in [0.2, 0.25) is 0 Å². The first kappa shape index (κ1) is 19.5. The number of aromatic amines is 2. The largest absolute Gasteiger partial charge is 0.496 e. The maximum atomic E-state index is 11.1. The minimum atomic E-state index is -0.820. The fourth-order valence-corrected chi connectivity index (χ4v) is 4.06. The van der Waals surface area contributed by atoms with Gasteiger partial charge in [-0.25, -0.2) is 4.98 Å². The van der Waals surface area contributed by atoms with Crippen molar-refractivity contribution >= 4 is 27.9 Å². The van der Waals surface area contributed by atoms with Gasteiger partial charge in [0.25, 0.3) is 0 Å². The molecule has 0 amide bonds. The molecule has 0 aliphatic heterocycles. The van der Waals surface area contributed by atoms with Crippen molar-refractivity contribution in [3.8, 4) is 11.8 Å². The van der Waals surface area contributed by atoms with Gasteiger partial charge in [0.2, 0.25) is 0 Å². The Balaban J connectivity index is 1.88. The summed E-state index contributed by atoms with van der Waals surface area (Å²) in [5.74, 6) is 0.476. The highest BCUT2D eigenvalue weighted by molar-refractivity contribution is 5.89. The van der Waals surface area contributed by atoms with Crippen molar-refractivity contribution in [2.24, 2.45) is 0 Å². The maximum Gasteiger partial charge on any atom is 0.303 e. The molecule has 7 nitrogen and oxygen atoms in total. The summed E-state index contributed by atoms with van der Waals surface area (Å²) >= 11 is 0. The van der Waals surface area contributed by atoms with Gasteiger partial charge >= 0.3 is 5.97 Å². The molecule has 1 atom stereocenters. The van der Waals surface area contributed by atoms with E-state index >= 15 is 0 Å². The highest BCUT2D eigenvalue weighted by atomic mass is 16.5. The highest BCUT2D eigenvalue weighted by Crippen LogP contribution is 2.41. The number of carbonyl (C=O) groups is 1. The molecule has 0 fully saturated rings. The monoisotopic (exact) mass is 402 g/mol. The van der Waals surface area contributed by atoms with E-state index in [-0.39, 0.29) is 12.3 Å². The minimum Gasteiger partial charge on any atom is -0.496 e. The number of hydrogen-bond donors (Lipinski definition) is 3.